The number of Topliss-reactive ketones (excluding diaryl/α,β-unsaturated/α-hetero) is 1. The molecule has 1 fully saturated rings. The minimum atomic E-state index is -0.116. The van der Waals surface area contributed by atoms with E-state index < -0.39 is 0 Å². The fourth-order valence-electron chi connectivity index (χ4n) is 2.09. The highest BCUT2D eigenvalue weighted by Gasteiger charge is 2.25. The summed E-state index contributed by atoms with van der Waals surface area (Å²) < 4.78 is 5.78. The molecular weight excluding hydrogens is 212 g/mol. The van der Waals surface area contributed by atoms with Crippen LogP contribution in [0.1, 0.15) is 45.6 Å². The van der Waals surface area contributed by atoms with Gasteiger partial charge in [0, 0.05) is 6.42 Å². The topological polar surface area (TPSA) is 26.3 Å². The number of carbonyl (C=O) groups is 1. The summed E-state index contributed by atoms with van der Waals surface area (Å²) in [5.74, 6) is 1.16. The summed E-state index contributed by atoms with van der Waals surface area (Å²) in [6.45, 7) is 5.85. The molecule has 0 bridgehead atoms. The zero-order valence-electron chi connectivity index (χ0n) is 10.8. The molecule has 0 saturated heterocycles. The van der Waals surface area contributed by atoms with Crippen LogP contribution in [0.5, 0.6) is 5.75 Å². The lowest BCUT2D eigenvalue weighted by atomic mass is 9.80. The second-order valence-electron chi connectivity index (χ2n) is 5.61. The molecule has 0 heterocycles. The Bertz CT molecular complexity index is 417. The quantitative estimate of drug-likeness (QED) is 0.776. The average Bonchev–Trinajstić information content (AvgIpc) is 3.00. The minimum absolute atomic E-state index is 0.116. The zero-order chi connectivity index (χ0) is 12.5. The lowest BCUT2D eigenvalue weighted by Gasteiger charge is -2.24. The van der Waals surface area contributed by atoms with Crippen molar-refractivity contribution in [2.24, 2.45) is 0 Å². The fourth-order valence-corrected chi connectivity index (χ4v) is 2.09. The molecule has 0 aliphatic heterocycles. The third-order valence-electron chi connectivity index (χ3n) is 3.13. The van der Waals surface area contributed by atoms with Crippen LogP contribution in [0.3, 0.4) is 0 Å². The lowest BCUT2D eigenvalue weighted by molar-refractivity contribution is -0.118. The van der Waals surface area contributed by atoms with Gasteiger partial charge in [-0.15, -0.1) is 0 Å². The molecule has 1 aliphatic carbocycles. The summed E-state index contributed by atoms with van der Waals surface area (Å²) >= 11 is 0. The Morgan fingerprint density at radius 1 is 1.41 bits per heavy atom. The summed E-state index contributed by atoms with van der Waals surface area (Å²) in [6, 6.07) is 8.14. The summed E-state index contributed by atoms with van der Waals surface area (Å²) in [7, 11) is 0. The van der Waals surface area contributed by atoms with Crippen LogP contribution < -0.4 is 4.74 Å². The van der Waals surface area contributed by atoms with E-state index in [1.807, 2.05) is 12.1 Å². The number of carbonyl (C=O) groups excluding carboxylic acids is 1. The van der Waals surface area contributed by atoms with Gasteiger partial charge in [-0.1, -0.05) is 26.0 Å². The van der Waals surface area contributed by atoms with Crippen molar-refractivity contribution in [1.29, 1.82) is 0 Å². The predicted molar refractivity (Wildman–Crippen MR) is 68.4 cm³/mol. The van der Waals surface area contributed by atoms with Gasteiger partial charge >= 0.3 is 0 Å². The van der Waals surface area contributed by atoms with Gasteiger partial charge in [0.2, 0.25) is 0 Å². The molecule has 1 aromatic carbocycles. The highest BCUT2D eigenvalue weighted by molar-refractivity contribution is 5.77. The van der Waals surface area contributed by atoms with Crippen molar-refractivity contribution in [3.8, 4) is 5.75 Å². The fraction of sp³-hybridized carbons (Fsp3) is 0.533. The smallest absolute Gasteiger partial charge is 0.130 e. The van der Waals surface area contributed by atoms with Gasteiger partial charge < -0.3 is 4.74 Å². The molecule has 1 aromatic rings. The number of hydrogen-bond donors (Lipinski definition) is 0. The van der Waals surface area contributed by atoms with Crippen molar-refractivity contribution in [2.45, 2.75) is 51.6 Å². The Kier molecular flexibility index (Phi) is 3.23. The monoisotopic (exact) mass is 232 g/mol. The standard InChI is InChI=1S/C15H20O2/c1-11(16)10-15(2,3)12-5-4-6-14(9-12)17-13-7-8-13/h4-6,9,13H,7-8,10H2,1-3H3. The van der Waals surface area contributed by atoms with E-state index in [1.165, 1.54) is 18.4 Å². The van der Waals surface area contributed by atoms with Gasteiger partial charge in [0.15, 0.2) is 0 Å². The van der Waals surface area contributed by atoms with E-state index in [9.17, 15) is 4.79 Å². The van der Waals surface area contributed by atoms with Gasteiger partial charge in [0.25, 0.3) is 0 Å². The minimum Gasteiger partial charge on any atom is -0.490 e. The summed E-state index contributed by atoms with van der Waals surface area (Å²) in [5, 5.41) is 0. The predicted octanol–water partition coefficient (Wildman–Crippen LogP) is 3.48. The van der Waals surface area contributed by atoms with Gasteiger partial charge in [0.05, 0.1) is 6.10 Å². The van der Waals surface area contributed by atoms with Crippen LogP contribution >= 0.6 is 0 Å². The van der Waals surface area contributed by atoms with Crippen molar-refractivity contribution < 1.29 is 9.53 Å². The Hall–Kier alpha value is -1.31. The van der Waals surface area contributed by atoms with E-state index in [0.717, 1.165) is 5.75 Å². The maximum Gasteiger partial charge on any atom is 0.130 e. The van der Waals surface area contributed by atoms with Gasteiger partial charge in [-0.2, -0.15) is 0 Å². The zero-order valence-corrected chi connectivity index (χ0v) is 10.8. The number of rotatable bonds is 5. The Balaban J connectivity index is 2.15. The third kappa shape index (κ3) is 3.32. The number of benzene rings is 1. The van der Waals surface area contributed by atoms with Crippen LogP contribution in [-0.4, -0.2) is 11.9 Å². The van der Waals surface area contributed by atoms with E-state index >= 15 is 0 Å². The van der Waals surface area contributed by atoms with Crippen molar-refractivity contribution >= 4 is 5.78 Å². The third-order valence-corrected chi connectivity index (χ3v) is 3.13. The molecule has 1 saturated carbocycles. The Labute approximate surface area is 103 Å². The Morgan fingerprint density at radius 2 is 2.12 bits per heavy atom. The molecule has 0 amide bonds. The first-order chi connectivity index (χ1) is 7.97. The first kappa shape index (κ1) is 12.2. The lowest BCUT2D eigenvalue weighted by Crippen LogP contribution is -2.20. The molecule has 2 rings (SSSR count). The van der Waals surface area contributed by atoms with E-state index in [0.29, 0.717) is 12.5 Å². The highest BCUT2D eigenvalue weighted by Crippen LogP contribution is 2.32. The molecule has 2 nitrogen and oxygen atoms in total. The molecular formula is C15H20O2. The largest absolute Gasteiger partial charge is 0.490 e. The van der Waals surface area contributed by atoms with Crippen molar-refractivity contribution in [3.63, 3.8) is 0 Å². The first-order valence-corrected chi connectivity index (χ1v) is 6.24. The van der Waals surface area contributed by atoms with Crippen molar-refractivity contribution in [3.05, 3.63) is 29.8 Å². The van der Waals surface area contributed by atoms with Crippen LogP contribution in [0.2, 0.25) is 0 Å². The first-order valence-electron chi connectivity index (χ1n) is 6.24. The summed E-state index contributed by atoms with van der Waals surface area (Å²) in [5.41, 5.74) is 1.06. The second-order valence-corrected chi connectivity index (χ2v) is 5.61. The molecule has 0 spiro atoms. The molecule has 92 valence electrons. The van der Waals surface area contributed by atoms with Crippen LogP contribution in [0.25, 0.3) is 0 Å². The summed E-state index contributed by atoms with van der Waals surface area (Å²) in [4.78, 5) is 11.3. The average molecular weight is 232 g/mol. The number of ketones is 1. The normalized spacial score (nSPS) is 15.7. The van der Waals surface area contributed by atoms with Crippen molar-refractivity contribution in [2.75, 3.05) is 0 Å². The molecule has 0 N–H and O–H groups in total. The van der Waals surface area contributed by atoms with Gasteiger partial charge in [-0.05, 0) is 42.9 Å². The Morgan fingerprint density at radius 3 is 2.71 bits per heavy atom. The van der Waals surface area contributed by atoms with Crippen LogP contribution in [0, 0.1) is 0 Å². The van der Waals surface area contributed by atoms with E-state index in [-0.39, 0.29) is 11.2 Å². The number of hydrogen-bond acceptors (Lipinski definition) is 2. The molecule has 2 heteroatoms. The van der Waals surface area contributed by atoms with Crippen LogP contribution in [0.4, 0.5) is 0 Å². The maximum absolute atomic E-state index is 11.3. The highest BCUT2D eigenvalue weighted by atomic mass is 16.5. The van der Waals surface area contributed by atoms with Gasteiger partial charge in [-0.3, -0.25) is 4.79 Å². The van der Waals surface area contributed by atoms with E-state index in [1.54, 1.807) is 6.92 Å². The molecule has 0 radical (unpaired) electrons. The van der Waals surface area contributed by atoms with E-state index in [4.69, 9.17) is 4.74 Å². The molecule has 1 aliphatic rings. The second kappa shape index (κ2) is 4.52. The van der Waals surface area contributed by atoms with Crippen molar-refractivity contribution in [1.82, 2.24) is 0 Å². The van der Waals surface area contributed by atoms with Crippen LogP contribution in [0.15, 0.2) is 24.3 Å². The molecule has 0 unspecified atom stereocenters. The SMILES string of the molecule is CC(=O)CC(C)(C)c1cccc(OC2CC2)c1. The molecule has 0 atom stereocenters. The van der Waals surface area contributed by atoms with Gasteiger partial charge in [-0.25, -0.2) is 0 Å². The molecule has 0 aromatic heterocycles. The summed E-state index contributed by atoms with van der Waals surface area (Å²) in [6.07, 6.45) is 3.32. The van der Waals surface area contributed by atoms with Crippen LogP contribution in [-0.2, 0) is 10.2 Å². The van der Waals surface area contributed by atoms with E-state index in [2.05, 4.69) is 26.0 Å². The molecule has 17 heavy (non-hydrogen) atoms. The number of ether oxygens (including phenoxy) is 1. The van der Waals surface area contributed by atoms with Gasteiger partial charge in [0.1, 0.15) is 11.5 Å². The maximum atomic E-state index is 11.3.